The normalized spacial score (nSPS) is 14.2. The molecule has 9 nitrogen and oxygen atoms in total. The van der Waals surface area contributed by atoms with Crippen LogP contribution in [0.25, 0.3) is 0 Å². The lowest BCUT2D eigenvalue weighted by Gasteiger charge is -2.23. The van der Waals surface area contributed by atoms with Crippen LogP contribution in [-0.4, -0.2) is 46.1 Å². The number of anilines is 2. The highest BCUT2D eigenvalue weighted by atomic mass is 35.5. The summed E-state index contributed by atoms with van der Waals surface area (Å²) >= 11 is 0. The zero-order chi connectivity index (χ0) is 20.1. The Morgan fingerprint density at radius 3 is 2.38 bits per heavy atom. The van der Waals surface area contributed by atoms with Crippen molar-refractivity contribution in [3.8, 4) is 0 Å². The van der Waals surface area contributed by atoms with Crippen LogP contribution in [-0.2, 0) is 0 Å². The molecule has 0 aliphatic carbocycles. The summed E-state index contributed by atoms with van der Waals surface area (Å²) < 4.78 is 1.84. The third-order valence-corrected chi connectivity index (χ3v) is 4.64. The van der Waals surface area contributed by atoms with Crippen molar-refractivity contribution < 1.29 is 9.59 Å². The van der Waals surface area contributed by atoms with Gasteiger partial charge >= 0.3 is 6.03 Å². The number of para-hydroxylation sites is 2. The zero-order valence-corrected chi connectivity index (χ0v) is 17.7. The van der Waals surface area contributed by atoms with E-state index in [0.29, 0.717) is 17.1 Å². The highest BCUT2D eigenvalue weighted by Gasteiger charge is 2.23. The van der Waals surface area contributed by atoms with Crippen LogP contribution in [0.4, 0.5) is 16.2 Å². The van der Waals surface area contributed by atoms with Crippen LogP contribution in [0.15, 0.2) is 24.3 Å². The zero-order valence-electron chi connectivity index (χ0n) is 16.9. The Labute approximate surface area is 176 Å². The summed E-state index contributed by atoms with van der Waals surface area (Å²) in [5, 5.41) is 20.0. The third-order valence-electron chi connectivity index (χ3n) is 4.64. The first kappa shape index (κ1) is 22.6. The first-order valence-corrected chi connectivity index (χ1v) is 9.56. The minimum atomic E-state index is -0.351. The molecule has 2 aromatic rings. The van der Waals surface area contributed by atoms with Gasteiger partial charge in [-0.3, -0.25) is 4.79 Å². The second kappa shape index (κ2) is 10.2. The number of carbonyl (C=O) groups excluding carboxylic acids is 2. The van der Waals surface area contributed by atoms with Gasteiger partial charge in [0.05, 0.1) is 23.1 Å². The summed E-state index contributed by atoms with van der Waals surface area (Å²) in [7, 11) is 0. The highest BCUT2D eigenvalue weighted by molar-refractivity contribution is 6.06. The second-order valence-electron chi connectivity index (χ2n) is 7.20. The fourth-order valence-electron chi connectivity index (χ4n) is 3.25. The van der Waals surface area contributed by atoms with Crippen LogP contribution < -0.4 is 21.3 Å². The number of nitrogens with one attached hydrogen (secondary N) is 4. The van der Waals surface area contributed by atoms with E-state index in [2.05, 4.69) is 31.6 Å². The van der Waals surface area contributed by atoms with Gasteiger partial charge in [0.25, 0.3) is 5.91 Å². The van der Waals surface area contributed by atoms with Gasteiger partial charge in [-0.1, -0.05) is 17.3 Å². The molecular weight excluding hydrogens is 394 g/mol. The Bertz CT molecular complexity index is 847. The molecule has 4 N–H and O–H groups in total. The van der Waals surface area contributed by atoms with Crippen LogP contribution in [0.1, 0.15) is 48.9 Å². The number of hydrogen-bond acceptors (Lipinski definition) is 5. The van der Waals surface area contributed by atoms with E-state index in [9.17, 15) is 9.59 Å². The number of amides is 3. The van der Waals surface area contributed by atoms with Gasteiger partial charge in [-0.25, -0.2) is 9.48 Å². The number of hydrogen-bond donors (Lipinski definition) is 4. The van der Waals surface area contributed by atoms with Gasteiger partial charge in [-0.05, 0) is 58.8 Å². The molecule has 10 heteroatoms. The topological polar surface area (TPSA) is 113 Å². The van der Waals surface area contributed by atoms with Crippen molar-refractivity contribution in [1.82, 2.24) is 25.6 Å². The van der Waals surface area contributed by atoms with Gasteiger partial charge in [-0.2, -0.15) is 0 Å². The molecule has 1 aromatic carbocycles. The summed E-state index contributed by atoms with van der Waals surface area (Å²) in [6.45, 7) is 7.48. The molecule has 29 heavy (non-hydrogen) atoms. The molecule has 0 bridgehead atoms. The summed E-state index contributed by atoms with van der Waals surface area (Å²) in [5.74, 6) is -0.351. The largest absolute Gasteiger partial charge is 0.336 e. The Balaban J connectivity index is 0.00000300. The van der Waals surface area contributed by atoms with E-state index in [1.165, 1.54) is 0 Å². The van der Waals surface area contributed by atoms with E-state index >= 15 is 0 Å². The summed E-state index contributed by atoms with van der Waals surface area (Å²) in [4.78, 5) is 24.8. The molecule has 3 rings (SSSR count). The molecule has 3 amide bonds. The lowest BCUT2D eigenvalue weighted by molar-refractivity contribution is 0.102. The second-order valence-corrected chi connectivity index (χ2v) is 7.20. The van der Waals surface area contributed by atoms with Crippen LogP contribution in [0.2, 0.25) is 0 Å². The van der Waals surface area contributed by atoms with Crippen molar-refractivity contribution in [2.75, 3.05) is 23.7 Å². The van der Waals surface area contributed by atoms with Gasteiger partial charge < -0.3 is 21.3 Å². The molecule has 0 spiro atoms. The molecule has 1 aliphatic rings. The van der Waals surface area contributed by atoms with Crippen molar-refractivity contribution in [1.29, 1.82) is 0 Å². The molecule has 0 atom stereocenters. The van der Waals surface area contributed by atoms with Crippen LogP contribution in [0.5, 0.6) is 0 Å². The predicted octanol–water partition coefficient (Wildman–Crippen LogP) is 2.72. The maximum atomic E-state index is 12.8. The smallest absolute Gasteiger partial charge is 0.319 e. The SMILES string of the molecule is Cc1c(C(=O)Nc2ccccc2NC(=O)NC(C)C)nnn1C1CCNCC1.Cl. The average Bonchev–Trinajstić information content (AvgIpc) is 3.05. The first-order chi connectivity index (χ1) is 13.5. The van der Waals surface area contributed by atoms with Crippen LogP contribution >= 0.6 is 12.4 Å². The molecule has 2 heterocycles. The van der Waals surface area contributed by atoms with E-state index in [1.807, 2.05) is 25.5 Å². The first-order valence-electron chi connectivity index (χ1n) is 9.56. The van der Waals surface area contributed by atoms with Crippen LogP contribution in [0.3, 0.4) is 0 Å². The number of benzene rings is 1. The van der Waals surface area contributed by atoms with Crippen molar-refractivity contribution in [3.63, 3.8) is 0 Å². The lowest BCUT2D eigenvalue weighted by atomic mass is 10.1. The number of halogens is 1. The fraction of sp³-hybridized carbons (Fsp3) is 0.474. The molecule has 1 aliphatic heterocycles. The van der Waals surface area contributed by atoms with E-state index in [4.69, 9.17) is 0 Å². The molecule has 0 radical (unpaired) electrons. The maximum Gasteiger partial charge on any atom is 0.319 e. The summed E-state index contributed by atoms with van der Waals surface area (Å²) in [6, 6.07) is 6.98. The number of rotatable bonds is 5. The monoisotopic (exact) mass is 421 g/mol. The molecular formula is C19H28ClN7O2. The van der Waals surface area contributed by atoms with Crippen LogP contribution in [0, 0.1) is 6.92 Å². The van der Waals surface area contributed by atoms with Gasteiger partial charge in [0.15, 0.2) is 5.69 Å². The van der Waals surface area contributed by atoms with E-state index in [0.717, 1.165) is 31.6 Å². The predicted molar refractivity (Wildman–Crippen MR) is 115 cm³/mol. The number of aromatic nitrogens is 3. The summed E-state index contributed by atoms with van der Waals surface area (Å²) in [6.07, 6.45) is 1.92. The van der Waals surface area contributed by atoms with Gasteiger partial charge in [0.2, 0.25) is 0 Å². The molecule has 1 saturated heterocycles. The van der Waals surface area contributed by atoms with Crippen molar-refractivity contribution in [2.45, 2.75) is 45.7 Å². The Morgan fingerprint density at radius 2 is 1.76 bits per heavy atom. The van der Waals surface area contributed by atoms with Crippen molar-refractivity contribution in [3.05, 3.63) is 35.7 Å². The van der Waals surface area contributed by atoms with Gasteiger partial charge in [0, 0.05) is 6.04 Å². The number of piperidine rings is 1. The minimum absolute atomic E-state index is 0. The highest BCUT2D eigenvalue weighted by Crippen LogP contribution is 2.23. The van der Waals surface area contributed by atoms with E-state index < -0.39 is 0 Å². The van der Waals surface area contributed by atoms with Crippen molar-refractivity contribution in [2.24, 2.45) is 0 Å². The molecule has 1 aromatic heterocycles. The van der Waals surface area contributed by atoms with E-state index in [-0.39, 0.29) is 36.4 Å². The van der Waals surface area contributed by atoms with E-state index in [1.54, 1.807) is 24.3 Å². The van der Waals surface area contributed by atoms with Gasteiger partial charge in [-0.15, -0.1) is 17.5 Å². The maximum absolute atomic E-state index is 12.8. The van der Waals surface area contributed by atoms with Gasteiger partial charge in [0.1, 0.15) is 0 Å². The Kier molecular flexibility index (Phi) is 7.98. The third kappa shape index (κ3) is 5.68. The molecule has 158 valence electrons. The van der Waals surface area contributed by atoms with Crippen molar-refractivity contribution >= 4 is 35.7 Å². The average molecular weight is 422 g/mol. The Hall–Kier alpha value is -2.65. The molecule has 0 unspecified atom stereocenters. The standard InChI is InChI=1S/C19H27N7O2.ClH/c1-12(2)21-19(28)23-16-7-5-4-6-15(16)22-18(27)17-13(3)26(25-24-17)14-8-10-20-11-9-14;/h4-7,12,14,20H,8-11H2,1-3H3,(H,22,27)(H2,21,23,28);1H. The number of urea groups is 1. The fourth-order valence-corrected chi connectivity index (χ4v) is 3.25. The number of nitrogens with zero attached hydrogens (tertiary/aromatic N) is 3. The lowest BCUT2D eigenvalue weighted by Crippen LogP contribution is -2.34. The minimum Gasteiger partial charge on any atom is -0.336 e. The Morgan fingerprint density at radius 1 is 1.14 bits per heavy atom. The molecule has 1 fully saturated rings. The quantitative estimate of drug-likeness (QED) is 0.592. The summed E-state index contributed by atoms with van der Waals surface area (Å²) in [5.41, 5.74) is 2.05. The molecule has 0 saturated carbocycles. The number of carbonyl (C=O) groups is 2.